The molecular weight excluding hydrogens is 434 g/mol. The van der Waals surface area contributed by atoms with Crippen molar-refractivity contribution in [2.75, 3.05) is 34.4 Å². The summed E-state index contributed by atoms with van der Waals surface area (Å²) in [5, 5.41) is 27.2. The Morgan fingerprint density at radius 2 is 1.73 bits per heavy atom. The predicted molar refractivity (Wildman–Crippen MR) is 123 cm³/mol. The lowest BCUT2D eigenvalue weighted by molar-refractivity contribution is -0.144. The summed E-state index contributed by atoms with van der Waals surface area (Å²) in [6, 6.07) is 5.79. The number of unbranched alkanes of at least 4 members (excludes halogenated alkanes) is 1. The van der Waals surface area contributed by atoms with Gasteiger partial charge in [0, 0.05) is 13.1 Å². The highest BCUT2D eigenvalue weighted by molar-refractivity contribution is 6.40. The maximum absolute atomic E-state index is 11.6. The van der Waals surface area contributed by atoms with Gasteiger partial charge in [0.15, 0.2) is 11.5 Å². The van der Waals surface area contributed by atoms with Gasteiger partial charge in [-0.3, -0.25) is 4.79 Å². The van der Waals surface area contributed by atoms with Gasteiger partial charge < -0.3 is 35.3 Å². The molecule has 1 aromatic carbocycles. The lowest BCUT2D eigenvalue weighted by atomic mass is 9.81. The van der Waals surface area contributed by atoms with Crippen molar-refractivity contribution in [1.82, 2.24) is 4.90 Å². The van der Waals surface area contributed by atoms with Gasteiger partial charge in [0.05, 0.1) is 14.2 Å². The number of aliphatic carboxylic acids is 1. The summed E-state index contributed by atoms with van der Waals surface area (Å²) in [5.74, 6) is 0.343. The van der Waals surface area contributed by atoms with Crippen LogP contribution in [0.1, 0.15) is 31.2 Å². The molecule has 0 aliphatic heterocycles. The van der Waals surface area contributed by atoms with Crippen LogP contribution in [0.15, 0.2) is 18.2 Å². The van der Waals surface area contributed by atoms with E-state index >= 15 is 0 Å². The van der Waals surface area contributed by atoms with E-state index < -0.39 is 18.6 Å². The molecule has 5 N–H and O–H groups in total. The SMILES string of the molecule is COc1ccc(CCN(C)CC[C@](N)(CCCCB(O)O)C(=O)O)cc1OC.Cl.Cl. The number of methoxy groups -OCH3 is 2. The summed E-state index contributed by atoms with van der Waals surface area (Å²) in [7, 11) is 3.77. The van der Waals surface area contributed by atoms with Crippen LogP contribution in [-0.4, -0.2) is 73.0 Å². The highest BCUT2D eigenvalue weighted by atomic mass is 35.5. The zero-order chi connectivity index (χ0) is 21.2. The second kappa shape index (κ2) is 15.6. The number of likely N-dealkylation sites (N-methyl/N-ethyl adjacent to an activating group) is 1. The molecule has 1 aromatic rings. The molecule has 0 amide bonds. The van der Waals surface area contributed by atoms with E-state index in [-0.39, 0.29) is 31.1 Å². The van der Waals surface area contributed by atoms with Gasteiger partial charge in [-0.05, 0) is 50.3 Å². The minimum Gasteiger partial charge on any atom is -0.493 e. The van der Waals surface area contributed by atoms with E-state index in [2.05, 4.69) is 4.90 Å². The number of ether oxygens (including phenoxy) is 2. The summed E-state index contributed by atoms with van der Waals surface area (Å²) in [6.07, 6.45) is 2.71. The highest BCUT2D eigenvalue weighted by Crippen LogP contribution is 2.27. The van der Waals surface area contributed by atoms with Crippen molar-refractivity contribution in [2.24, 2.45) is 5.73 Å². The predicted octanol–water partition coefficient (Wildman–Crippen LogP) is 1.84. The molecule has 1 atom stereocenters. The van der Waals surface area contributed by atoms with Crippen molar-refractivity contribution in [3.8, 4) is 11.5 Å². The molecule has 0 aromatic heterocycles. The Kier molecular flexibility index (Phi) is 16.1. The Labute approximate surface area is 191 Å². The molecule has 1 rings (SSSR count). The van der Waals surface area contributed by atoms with E-state index in [1.165, 1.54) is 0 Å². The summed E-state index contributed by atoms with van der Waals surface area (Å²) < 4.78 is 10.5. The Morgan fingerprint density at radius 1 is 1.10 bits per heavy atom. The average Bonchev–Trinajstić information content (AvgIpc) is 2.67. The molecule has 0 aliphatic carbocycles. The first-order valence-corrected chi connectivity index (χ1v) is 9.49. The van der Waals surface area contributed by atoms with Crippen molar-refractivity contribution < 1.29 is 29.4 Å². The number of nitrogens with two attached hydrogens (primary N) is 1. The smallest absolute Gasteiger partial charge is 0.451 e. The normalized spacial score (nSPS) is 12.4. The summed E-state index contributed by atoms with van der Waals surface area (Å²) >= 11 is 0. The van der Waals surface area contributed by atoms with E-state index in [4.69, 9.17) is 25.3 Å². The number of halogens is 2. The fourth-order valence-electron chi connectivity index (χ4n) is 2.96. The number of rotatable bonds is 14. The topological polar surface area (TPSA) is 125 Å². The van der Waals surface area contributed by atoms with Gasteiger partial charge in [-0.15, -0.1) is 24.8 Å². The molecule has 8 nitrogen and oxygen atoms in total. The van der Waals surface area contributed by atoms with Gasteiger partial charge in [-0.1, -0.05) is 18.9 Å². The maximum atomic E-state index is 11.6. The molecule has 0 saturated carbocycles. The van der Waals surface area contributed by atoms with Crippen LogP contribution in [0, 0.1) is 0 Å². The van der Waals surface area contributed by atoms with Crippen LogP contribution in [-0.2, 0) is 11.2 Å². The molecule has 0 unspecified atom stereocenters. The number of nitrogens with zero attached hydrogens (tertiary/aromatic N) is 1. The molecular formula is C19H35BCl2N2O6. The number of carboxylic acids is 1. The fraction of sp³-hybridized carbons (Fsp3) is 0.632. The van der Waals surface area contributed by atoms with E-state index in [9.17, 15) is 9.90 Å². The van der Waals surface area contributed by atoms with E-state index in [1.807, 2.05) is 25.2 Å². The molecule has 0 spiro atoms. The minimum absolute atomic E-state index is 0. The van der Waals surface area contributed by atoms with Crippen LogP contribution in [0.4, 0.5) is 0 Å². The average molecular weight is 469 g/mol. The number of hydrogen-bond donors (Lipinski definition) is 4. The van der Waals surface area contributed by atoms with Gasteiger partial charge >= 0.3 is 13.1 Å². The molecule has 0 saturated heterocycles. The van der Waals surface area contributed by atoms with Crippen LogP contribution < -0.4 is 15.2 Å². The van der Waals surface area contributed by atoms with Crippen LogP contribution in [0.3, 0.4) is 0 Å². The highest BCUT2D eigenvalue weighted by Gasteiger charge is 2.33. The van der Waals surface area contributed by atoms with Crippen molar-refractivity contribution in [3.05, 3.63) is 23.8 Å². The van der Waals surface area contributed by atoms with E-state index in [0.29, 0.717) is 43.7 Å². The molecule has 11 heteroatoms. The Balaban J connectivity index is 0. The summed E-state index contributed by atoms with van der Waals surface area (Å²) in [6.45, 7) is 1.31. The first-order chi connectivity index (χ1) is 13.2. The van der Waals surface area contributed by atoms with Crippen LogP contribution >= 0.6 is 24.8 Å². The third-order valence-electron chi connectivity index (χ3n) is 4.93. The maximum Gasteiger partial charge on any atom is 0.451 e. The standard InChI is InChI=1S/C19H33BN2O6.2ClH/c1-22(12-8-15-6-7-16(27-2)17(14-15)28-3)13-10-19(21,18(23)24)9-4-5-11-20(25)26;;/h6-7,14,25-26H,4-5,8-13,21H2,1-3H3,(H,23,24);2*1H/t19-;;/m1../s1. The van der Waals surface area contributed by atoms with Crippen molar-refractivity contribution in [2.45, 2.75) is 44.0 Å². The Hall–Kier alpha value is -1.23. The molecule has 0 bridgehead atoms. The monoisotopic (exact) mass is 468 g/mol. The number of carboxylic acid groups (broad SMARTS) is 1. The van der Waals surface area contributed by atoms with Gasteiger partial charge in [0.25, 0.3) is 0 Å². The first kappa shape index (κ1) is 31.0. The van der Waals surface area contributed by atoms with Crippen LogP contribution in [0.25, 0.3) is 0 Å². The van der Waals surface area contributed by atoms with Crippen LogP contribution in [0.2, 0.25) is 6.32 Å². The quantitative estimate of drug-likeness (QED) is 0.240. The molecule has 0 radical (unpaired) electrons. The Bertz CT molecular complexity index is 627. The van der Waals surface area contributed by atoms with E-state index in [1.54, 1.807) is 14.2 Å². The fourth-order valence-corrected chi connectivity index (χ4v) is 2.96. The lowest BCUT2D eigenvalue weighted by Gasteiger charge is -2.27. The number of benzene rings is 1. The zero-order valence-corrected chi connectivity index (χ0v) is 19.5. The zero-order valence-electron chi connectivity index (χ0n) is 17.9. The molecule has 30 heavy (non-hydrogen) atoms. The summed E-state index contributed by atoms with van der Waals surface area (Å²) in [4.78, 5) is 13.7. The minimum atomic E-state index is -1.36. The lowest BCUT2D eigenvalue weighted by Crippen LogP contribution is -2.50. The van der Waals surface area contributed by atoms with Gasteiger partial charge in [0.1, 0.15) is 5.54 Å². The van der Waals surface area contributed by atoms with Crippen molar-refractivity contribution in [3.63, 3.8) is 0 Å². The third-order valence-corrected chi connectivity index (χ3v) is 4.93. The van der Waals surface area contributed by atoms with Gasteiger partial charge in [-0.25, -0.2) is 0 Å². The van der Waals surface area contributed by atoms with E-state index in [0.717, 1.165) is 18.5 Å². The second-order valence-corrected chi connectivity index (χ2v) is 7.18. The third kappa shape index (κ3) is 10.7. The first-order valence-electron chi connectivity index (χ1n) is 9.49. The van der Waals surface area contributed by atoms with Gasteiger partial charge in [0.2, 0.25) is 0 Å². The number of hydrogen-bond acceptors (Lipinski definition) is 7. The Morgan fingerprint density at radius 3 is 2.27 bits per heavy atom. The van der Waals surface area contributed by atoms with Gasteiger partial charge in [-0.2, -0.15) is 0 Å². The second-order valence-electron chi connectivity index (χ2n) is 7.18. The molecule has 0 fully saturated rings. The molecule has 0 heterocycles. The number of carbonyl (C=O) groups is 1. The van der Waals surface area contributed by atoms with Crippen LogP contribution in [0.5, 0.6) is 11.5 Å². The van der Waals surface area contributed by atoms with Crippen molar-refractivity contribution >= 4 is 37.9 Å². The summed E-state index contributed by atoms with van der Waals surface area (Å²) in [5.41, 5.74) is 5.90. The largest absolute Gasteiger partial charge is 0.493 e. The molecule has 174 valence electrons. The van der Waals surface area contributed by atoms with Crippen molar-refractivity contribution in [1.29, 1.82) is 0 Å². The molecule has 0 aliphatic rings.